The summed E-state index contributed by atoms with van der Waals surface area (Å²) in [5.74, 6) is -0.484. The zero-order valence-corrected chi connectivity index (χ0v) is 17.2. The van der Waals surface area contributed by atoms with Crippen molar-refractivity contribution in [1.29, 1.82) is 0 Å². The molecule has 0 amide bonds. The van der Waals surface area contributed by atoms with Gasteiger partial charge in [-0.25, -0.2) is 0 Å². The van der Waals surface area contributed by atoms with E-state index in [4.69, 9.17) is 4.74 Å². The SMILES string of the molecule is COC(=O)Cn1c(=NS(=O)(=O)c2ccc(C)cc2)sc2cc(Br)ccc21. The number of esters is 1. The molecule has 0 saturated carbocycles. The van der Waals surface area contributed by atoms with Crippen LogP contribution in [0.2, 0.25) is 0 Å². The van der Waals surface area contributed by atoms with E-state index in [9.17, 15) is 13.2 Å². The molecule has 0 radical (unpaired) electrons. The van der Waals surface area contributed by atoms with Crippen molar-refractivity contribution < 1.29 is 17.9 Å². The first-order chi connectivity index (χ1) is 12.3. The first kappa shape index (κ1) is 18.8. The summed E-state index contributed by atoms with van der Waals surface area (Å²) >= 11 is 4.59. The Balaban J connectivity index is 2.22. The summed E-state index contributed by atoms with van der Waals surface area (Å²) in [6.07, 6.45) is 0. The van der Waals surface area contributed by atoms with E-state index in [2.05, 4.69) is 20.3 Å². The van der Waals surface area contributed by atoms with Crippen molar-refractivity contribution in [3.8, 4) is 0 Å². The Hall–Kier alpha value is -1.97. The smallest absolute Gasteiger partial charge is 0.325 e. The first-order valence-corrected chi connectivity index (χ1v) is 10.6. The highest BCUT2D eigenvalue weighted by molar-refractivity contribution is 9.10. The molecule has 0 aliphatic heterocycles. The Kier molecular flexibility index (Phi) is 5.31. The molecule has 3 rings (SSSR count). The van der Waals surface area contributed by atoms with Crippen molar-refractivity contribution in [2.45, 2.75) is 18.4 Å². The average molecular weight is 455 g/mol. The number of sulfonamides is 1. The van der Waals surface area contributed by atoms with Crippen LogP contribution in [0.5, 0.6) is 0 Å². The highest BCUT2D eigenvalue weighted by Crippen LogP contribution is 2.23. The van der Waals surface area contributed by atoms with E-state index >= 15 is 0 Å². The van der Waals surface area contributed by atoms with Gasteiger partial charge in [0.2, 0.25) is 4.80 Å². The molecule has 3 aromatic rings. The number of halogens is 1. The molecule has 0 unspecified atom stereocenters. The molecule has 9 heteroatoms. The van der Waals surface area contributed by atoms with Gasteiger partial charge in [-0.15, -0.1) is 4.40 Å². The van der Waals surface area contributed by atoms with Gasteiger partial charge in [0.25, 0.3) is 10.0 Å². The number of nitrogens with zero attached hydrogens (tertiary/aromatic N) is 2. The van der Waals surface area contributed by atoms with Gasteiger partial charge >= 0.3 is 5.97 Å². The number of benzene rings is 2. The van der Waals surface area contributed by atoms with Crippen LogP contribution in [0.15, 0.2) is 56.2 Å². The van der Waals surface area contributed by atoms with E-state index in [0.29, 0.717) is 5.52 Å². The highest BCUT2D eigenvalue weighted by Gasteiger charge is 2.16. The zero-order chi connectivity index (χ0) is 18.9. The predicted molar refractivity (Wildman–Crippen MR) is 103 cm³/mol. The molecule has 0 saturated heterocycles. The molecular weight excluding hydrogens is 440 g/mol. The van der Waals surface area contributed by atoms with Gasteiger partial charge in [0.1, 0.15) is 6.54 Å². The molecule has 1 heterocycles. The van der Waals surface area contributed by atoms with Gasteiger partial charge in [-0.2, -0.15) is 8.42 Å². The van der Waals surface area contributed by atoms with E-state index < -0.39 is 16.0 Å². The average Bonchev–Trinajstić information content (AvgIpc) is 2.90. The Labute approximate surface area is 162 Å². The zero-order valence-electron chi connectivity index (χ0n) is 14.0. The fourth-order valence-corrected chi connectivity index (χ4v) is 5.11. The summed E-state index contributed by atoms with van der Waals surface area (Å²) in [6, 6.07) is 11.9. The minimum absolute atomic E-state index is 0.103. The number of hydrogen-bond donors (Lipinski definition) is 0. The van der Waals surface area contributed by atoms with Crippen LogP contribution in [0.4, 0.5) is 0 Å². The van der Waals surface area contributed by atoms with E-state index in [-0.39, 0.29) is 16.2 Å². The molecule has 0 atom stereocenters. The van der Waals surface area contributed by atoms with Crippen LogP contribution in [0.3, 0.4) is 0 Å². The molecule has 0 aliphatic rings. The maximum absolute atomic E-state index is 12.7. The molecule has 0 bridgehead atoms. The lowest BCUT2D eigenvalue weighted by Crippen LogP contribution is -2.22. The van der Waals surface area contributed by atoms with Crippen LogP contribution in [0, 0.1) is 6.92 Å². The van der Waals surface area contributed by atoms with Crippen molar-refractivity contribution in [2.75, 3.05) is 7.11 Å². The molecule has 0 aliphatic carbocycles. The minimum Gasteiger partial charge on any atom is -0.468 e. The summed E-state index contributed by atoms with van der Waals surface area (Å²) in [6.45, 7) is 1.75. The summed E-state index contributed by atoms with van der Waals surface area (Å²) in [7, 11) is -2.62. The number of methoxy groups -OCH3 is 1. The number of aryl methyl sites for hydroxylation is 1. The van der Waals surface area contributed by atoms with Gasteiger partial charge in [-0.3, -0.25) is 4.79 Å². The minimum atomic E-state index is -3.90. The van der Waals surface area contributed by atoms with Crippen LogP contribution in [0.1, 0.15) is 5.56 Å². The Morgan fingerprint density at radius 2 is 1.92 bits per heavy atom. The third-order valence-electron chi connectivity index (χ3n) is 3.68. The number of rotatable bonds is 4. The summed E-state index contributed by atoms with van der Waals surface area (Å²) in [5, 5.41) is 0. The predicted octanol–water partition coefficient (Wildman–Crippen LogP) is 3.24. The quantitative estimate of drug-likeness (QED) is 0.566. The van der Waals surface area contributed by atoms with E-state index in [1.165, 1.54) is 30.6 Å². The van der Waals surface area contributed by atoms with Crippen molar-refractivity contribution in [2.24, 2.45) is 4.40 Å². The second-order valence-corrected chi connectivity index (χ2v) is 9.07. The molecule has 26 heavy (non-hydrogen) atoms. The van der Waals surface area contributed by atoms with Gasteiger partial charge in [0.05, 0.1) is 22.2 Å². The van der Waals surface area contributed by atoms with Crippen molar-refractivity contribution in [3.63, 3.8) is 0 Å². The number of carbonyl (C=O) groups excluding carboxylic acids is 1. The third-order valence-corrected chi connectivity index (χ3v) is 6.61. The first-order valence-electron chi connectivity index (χ1n) is 7.53. The van der Waals surface area contributed by atoms with Crippen LogP contribution < -0.4 is 4.80 Å². The lowest BCUT2D eigenvalue weighted by molar-refractivity contribution is -0.141. The lowest BCUT2D eigenvalue weighted by Gasteiger charge is -2.04. The summed E-state index contributed by atoms with van der Waals surface area (Å²) < 4.78 is 37.2. The van der Waals surface area contributed by atoms with E-state index in [1.807, 2.05) is 19.1 Å². The number of ether oxygens (including phenoxy) is 1. The van der Waals surface area contributed by atoms with Gasteiger partial charge in [-0.1, -0.05) is 45.0 Å². The van der Waals surface area contributed by atoms with Crippen LogP contribution in [-0.2, 0) is 26.1 Å². The summed E-state index contributed by atoms with van der Waals surface area (Å²) in [5.41, 5.74) is 1.66. The number of aromatic nitrogens is 1. The molecule has 0 spiro atoms. The number of fused-ring (bicyclic) bond motifs is 1. The molecule has 6 nitrogen and oxygen atoms in total. The van der Waals surface area contributed by atoms with Crippen LogP contribution in [-0.4, -0.2) is 26.1 Å². The highest BCUT2D eigenvalue weighted by atomic mass is 79.9. The van der Waals surface area contributed by atoms with Crippen LogP contribution >= 0.6 is 27.3 Å². The standard InChI is InChI=1S/C17H15BrN2O4S2/c1-11-3-6-13(7-4-11)26(22,23)19-17-20(10-16(21)24-2)14-8-5-12(18)9-15(14)25-17/h3-9H,10H2,1-2H3. The van der Waals surface area contributed by atoms with E-state index in [0.717, 1.165) is 14.7 Å². The lowest BCUT2D eigenvalue weighted by atomic mass is 10.2. The van der Waals surface area contributed by atoms with Crippen molar-refractivity contribution >= 4 is 53.5 Å². The van der Waals surface area contributed by atoms with Crippen molar-refractivity contribution in [3.05, 3.63) is 57.3 Å². The van der Waals surface area contributed by atoms with Gasteiger partial charge < -0.3 is 9.30 Å². The molecular formula is C17H15BrN2O4S2. The topological polar surface area (TPSA) is 77.7 Å². The molecule has 0 fully saturated rings. The molecule has 0 N–H and O–H groups in total. The maximum Gasteiger partial charge on any atom is 0.325 e. The number of thiazole rings is 1. The van der Waals surface area contributed by atoms with Gasteiger partial charge in [0, 0.05) is 4.47 Å². The molecule has 136 valence electrons. The Morgan fingerprint density at radius 3 is 2.58 bits per heavy atom. The van der Waals surface area contributed by atoms with Gasteiger partial charge in [-0.05, 0) is 37.3 Å². The van der Waals surface area contributed by atoms with Crippen LogP contribution in [0.25, 0.3) is 10.2 Å². The second-order valence-electron chi connectivity index (χ2n) is 5.54. The Morgan fingerprint density at radius 1 is 1.23 bits per heavy atom. The molecule has 1 aromatic heterocycles. The van der Waals surface area contributed by atoms with Gasteiger partial charge in [0.15, 0.2) is 0 Å². The fraction of sp³-hybridized carbons (Fsp3) is 0.176. The number of hydrogen-bond acceptors (Lipinski definition) is 5. The van der Waals surface area contributed by atoms with E-state index in [1.54, 1.807) is 22.8 Å². The fourth-order valence-electron chi connectivity index (χ4n) is 2.33. The maximum atomic E-state index is 12.7. The van der Waals surface area contributed by atoms with Crippen molar-refractivity contribution in [1.82, 2.24) is 4.57 Å². The largest absolute Gasteiger partial charge is 0.468 e. The normalized spacial score (nSPS) is 12.5. The Bertz CT molecular complexity index is 1150. The molecule has 2 aromatic carbocycles. The number of carbonyl (C=O) groups is 1. The second kappa shape index (κ2) is 7.34. The summed E-state index contributed by atoms with van der Waals surface area (Å²) in [4.78, 5) is 12.1. The third kappa shape index (κ3) is 3.89. The monoisotopic (exact) mass is 454 g/mol.